The van der Waals surface area contributed by atoms with E-state index in [9.17, 15) is 9.59 Å². The third kappa shape index (κ3) is 3.97. The lowest BCUT2D eigenvalue weighted by Gasteiger charge is -2.23. The van der Waals surface area contributed by atoms with Gasteiger partial charge in [-0.1, -0.05) is 24.6 Å². The number of halogens is 1. The van der Waals surface area contributed by atoms with E-state index in [0.717, 1.165) is 12.0 Å². The first-order valence-electron chi connectivity index (χ1n) is 6.65. The minimum atomic E-state index is -1.13. The second-order valence-corrected chi connectivity index (χ2v) is 5.73. The second kappa shape index (κ2) is 6.75. The number of carbonyl (C=O) groups is 2. The van der Waals surface area contributed by atoms with E-state index in [0.29, 0.717) is 17.3 Å². The van der Waals surface area contributed by atoms with Crippen molar-refractivity contribution in [3.05, 3.63) is 28.8 Å². The van der Waals surface area contributed by atoms with E-state index in [1.165, 1.54) is 0 Å². The minimum absolute atomic E-state index is 0.281. The van der Waals surface area contributed by atoms with Crippen molar-refractivity contribution >= 4 is 29.1 Å². The van der Waals surface area contributed by atoms with Gasteiger partial charge in [0.1, 0.15) is 5.41 Å². The second-order valence-electron chi connectivity index (χ2n) is 5.29. The van der Waals surface area contributed by atoms with E-state index < -0.39 is 5.41 Å². The maximum Gasteiger partial charge on any atom is 0.239 e. The summed E-state index contributed by atoms with van der Waals surface area (Å²) in [6.45, 7) is 7.60. The van der Waals surface area contributed by atoms with Crippen molar-refractivity contribution in [2.45, 2.75) is 34.1 Å². The van der Waals surface area contributed by atoms with Gasteiger partial charge in [-0.05, 0) is 44.9 Å². The zero-order chi connectivity index (χ0) is 15.3. The summed E-state index contributed by atoms with van der Waals surface area (Å²) in [4.78, 5) is 24.3. The minimum Gasteiger partial charge on any atom is -0.355 e. The predicted molar refractivity (Wildman–Crippen MR) is 81.9 cm³/mol. The zero-order valence-corrected chi connectivity index (χ0v) is 13.1. The number of hydrogen-bond donors (Lipinski definition) is 2. The molecule has 0 atom stereocenters. The molecule has 5 heteroatoms. The van der Waals surface area contributed by atoms with Crippen LogP contribution in [-0.4, -0.2) is 18.4 Å². The smallest absolute Gasteiger partial charge is 0.239 e. The highest BCUT2D eigenvalue weighted by molar-refractivity contribution is 6.31. The molecular weight excluding hydrogens is 276 g/mol. The lowest BCUT2D eigenvalue weighted by Crippen LogP contribution is -2.45. The standard InChI is InChI=1S/C15H21ClN2O2/c1-5-8-17-13(19)15(3,4)14(20)18-12-9-11(16)7-6-10(12)2/h6-7,9H,5,8H2,1-4H3,(H,17,19)(H,18,20). The normalized spacial score (nSPS) is 11.1. The van der Waals surface area contributed by atoms with Crippen LogP contribution in [0.3, 0.4) is 0 Å². The number of nitrogens with one attached hydrogen (secondary N) is 2. The SMILES string of the molecule is CCCNC(=O)C(C)(C)C(=O)Nc1cc(Cl)ccc1C. The topological polar surface area (TPSA) is 58.2 Å². The summed E-state index contributed by atoms with van der Waals surface area (Å²) in [5.41, 5.74) is 0.385. The Hall–Kier alpha value is -1.55. The highest BCUT2D eigenvalue weighted by atomic mass is 35.5. The van der Waals surface area contributed by atoms with E-state index in [1.54, 1.807) is 26.0 Å². The molecule has 2 N–H and O–H groups in total. The third-order valence-corrected chi connectivity index (χ3v) is 3.35. The molecule has 0 saturated heterocycles. The fourth-order valence-electron chi connectivity index (χ4n) is 1.57. The molecule has 2 amide bonds. The average Bonchev–Trinajstić information content (AvgIpc) is 2.39. The molecule has 0 heterocycles. The Morgan fingerprint density at radius 3 is 2.50 bits per heavy atom. The molecule has 0 unspecified atom stereocenters. The maximum atomic E-state index is 12.3. The van der Waals surface area contributed by atoms with Gasteiger partial charge in [-0.3, -0.25) is 9.59 Å². The first kappa shape index (κ1) is 16.5. The van der Waals surface area contributed by atoms with Gasteiger partial charge in [0.2, 0.25) is 11.8 Å². The molecule has 4 nitrogen and oxygen atoms in total. The van der Waals surface area contributed by atoms with Crippen molar-refractivity contribution in [3.63, 3.8) is 0 Å². The molecule has 1 aromatic rings. The van der Waals surface area contributed by atoms with Crippen LogP contribution < -0.4 is 10.6 Å². The largest absolute Gasteiger partial charge is 0.355 e. The van der Waals surface area contributed by atoms with Crippen molar-refractivity contribution in [1.29, 1.82) is 0 Å². The monoisotopic (exact) mass is 296 g/mol. The summed E-state index contributed by atoms with van der Waals surface area (Å²) in [6.07, 6.45) is 0.830. The van der Waals surface area contributed by atoms with Crippen molar-refractivity contribution in [2.75, 3.05) is 11.9 Å². The van der Waals surface area contributed by atoms with Crippen LogP contribution in [0.5, 0.6) is 0 Å². The third-order valence-electron chi connectivity index (χ3n) is 3.12. The van der Waals surface area contributed by atoms with Crippen LogP contribution in [-0.2, 0) is 9.59 Å². The number of hydrogen-bond acceptors (Lipinski definition) is 2. The Labute approximate surface area is 124 Å². The van der Waals surface area contributed by atoms with Crippen molar-refractivity contribution in [2.24, 2.45) is 5.41 Å². The van der Waals surface area contributed by atoms with Gasteiger partial charge in [0, 0.05) is 17.3 Å². The summed E-state index contributed by atoms with van der Waals surface area (Å²) in [5, 5.41) is 6.04. The Morgan fingerprint density at radius 2 is 1.90 bits per heavy atom. The summed E-state index contributed by atoms with van der Waals surface area (Å²) in [7, 11) is 0. The highest BCUT2D eigenvalue weighted by Gasteiger charge is 2.35. The first-order valence-corrected chi connectivity index (χ1v) is 7.02. The Kier molecular flexibility index (Phi) is 5.57. The van der Waals surface area contributed by atoms with Crippen molar-refractivity contribution in [1.82, 2.24) is 5.32 Å². The molecule has 0 spiro atoms. The Bertz CT molecular complexity index is 513. The fraction of sp³-hybridized carbons (Fsp3) is 0.467. The van der Waals surface area contributed by atoms with E-state index >= 15 is 0 Å². The molecular formula is C15H21ClN2O2. The number of carbonyl (C=O) groups excluding carboxylic acids is 2. The molecule has 0 fully saturated rings. The highest BCUT2D eigenvalue weighted by Crippen LogP contribution is 2.24. The van der Waals surface area contributed by atoms with E-state index in [-0.39, 0.29) is 11.8 Å². The average molecular weight is 297 g/mol. The van der Waals surface area contributed by atoms with Crippen LogP contribution in [0.2, 0.25) is 5.02 Å². The van der Waals surface area contributed by atoms with Crippen LogP contribution in [0.15, 0.2) is 18.2 Å². The zero-order valence-electron chi connectivity index (χ0n) is 12.3. The van der Waals surface area contributed by atoms with Gasteiger partial charge in [0.05, 0.1) is 0 Å². The molecule has 0 radical (unpaired) electrons. The summed E-state index contributed by atoms with van der Waals surface area (Å²) < 4.78 is 0. The molecule has 0 bridgehead atoms. The van der Waals surface area contributed by atoms with Gasteiger partial charge >= 0.3 is 0 Å². The quantitative estimate of drug-likeness (QED) is 0.820. The number of amides is 2. The molecule has 0 aliphatic rings. The van der Waals surface area contributed by atoms with Crippen molar-refractivity contribution < 1.29 is 9.59 Å². The summed E-state index contributed by atoms with van der Waals surface area (Å²) in [6, 6.07) is 5.25. The summed E-state index contributed by atoms with van der Waals surface area (Å²) >= 11 is 5.92. The van der Waals surface area contributed by atoms with Gasteiger partial charge in [-0.25, -0.2) is 0 Å². The predicted octanol–water partition coefficient (Wildman–Crippen LogP) is 3.14. The van der Waals surface area contributed by atoms with Gasteiger partial charge in [-0.15, -0.1) is 0 Å². The van der Waals surface area contributed by atoms with Gasteiger partial charge in [0.15, 0.2) is 0 Å². The lowest BCUT2D eigenvalue weighted by atomic mass is 9.90. The molecule has 1 aromatic carbocycles. The van der Waals surface area contributed by atoms with Crippen LogP contribution in [0, 0.1) is 12.3 Å². The molecule has 0 aliphatic carbocycles. The molecule has 0 aromatic heterocycles. The molecule has 110 valence electrons. The van der Waals surface area contributed by atoms with Gasteiger partial charge in [0.25, 0.3) is 0 Å². The van der Waals surface area contributed by atoms with E-state index in [1.807, 2.05) is 19.9 Å². The van der Waals surface area contributed by atoms with Crippen LogP contribution in [0.25, 0.3) is 0 Å². The molecule has 0 aliphatic heterocycles. The van der Waals surface area contributed by atoms with E-state index in [2.05, 4.69) is 10.6 Å². The number of anilines is 1. The fourth-order valence-corrected chi connectivity index (χ4v) is 1.74. The van der Waals surface area contributed by atoms with Gasteiger partial charge in [-0.2, -0.15) is 0 Å². The molecule has 1 rings (SSSR count). The molecule has 20 heavy (non-hydrogen) atoms. The van der Waals surface area contributed by atoms with E-state index in [4.69, 9.17) is 11.6 Å². The van der Waals surface area contributed by atoms with Crippen molar-refractivity contribution in [3.8, 4) is 0 Å². The maximum absolute atomic E-state index is 12.3. The first-order chi connectivity index (χ1) is 9.28. The number of aryl methyl sites for hydroxylation is 1. The summed E-state index contributed by atoms with van der Waals surface area (Å²) in [5.74, 6) is -0.631. The Balaban J connectivity index is 2.83. The number of benzene rings is 1. The lowest BCUT2D eigenvalue weighted by molar-refractivity contribution is -0.138. The Morgan fingerprint density at radius 1 is 1.25 bits per heavy atom. The number of rotatable bonds is 5. The molecule has 0 saturated carbocycles. The van der Waals surface area contributed by atoms with Crippen LogP contribution >= 0.6 is 11.6 Å². The van der Waals surface area contributed by atoms with Crippen LogP contribution in [0.4, 0.5) is 5.69 Å². The van der Waals surface area contributed by atoms with Gasteiger partial charge < -0.3 is 10.6 Å². The van der Waals surface area contributed by atoms with Crippen LogP contribution in [0.1, 0.15) is 32.8 Å².